The molecule has 6 nitrogen and oxygen atoms in total. The number of ether oxygens (including phenoxy) is 1. The number of amides is 1. The van der Waals surface area contributed by atoms with Gasteiger partial charge in [0.05, 0.1) is 6.26 Å². The minimum absolute atomic E-state index is 0.0188. The van der Waals surface area contributed by atoms with Gasteiger partial charge in [-0.25, -0.2) is 13.1 Å². The van der Waals surface area contributed by atoms with Crippen molar-refractivity contribution in [1.29, 1.82) is 0 Å². The van der Waals surface area contributed by atoms with Crippen molar-refractivity contribution in [2.24, 2.45) is 0 Å². The Hall–Kier alpha value is -0.660. The first-order chi connectivity index (χ1) is 8.33. The Morgan fingerprint density at radius 3 is 2.44 bits per heavy atom. The fourth-order valence-corrected chi connectivity index (χ4v) is 2.94. The summed E-state index contributed by atoms with van der Waals surface area (Å²) in [5.74, 6) is -0.0188. The fourth-order valence-electron chi connectivity index (χ4n) is 2.10. The average molecular weight is 278 g/mol. The van der Waals surface area contributed by atoms with E-state index in [1.807, 2.05) is 6.92 Å². The third kappa shape index (κ3) is 4.91. The predicted octanol–water partition coefficient (Wildman–Crippen LogP) is -0.0484. The van der Waals surface area contributed by atoms with Crippen molar-refractivity contribution in [2.75, 3.05) is 26.0 Å². The second-order valence-corrected chi connectivity index (χ2v) is 6.37. The van der Waals surface area contributed by atoms with Crippen molar-refractivity contribution in [1.82, 2.24) is 9.62 Å². The molecule has 106 valence electrons. The van der Waals surface area contributed by atoms with Crippen LogP contribution >= 0.6 is 0 Å². The summed E-state index contributed by atoms with van der Waals surface area (Å²) in [6.07, 6.45) is 2.03. The molecule has 1 aliphatic rings. The normalized spacial score (nSPS) is 19.8. The van der Waals surface area contributed by atoms with Gasteiger partial charge in [0, 0.05) is 25.7 Å². The summed E-state index contributed by atoms with van der Waals surface area (Å²) in [6.45, 7) is 5.25. The average Bonchev–Trinajstić information content (AvgIpc) is 2.27. The largest absolute Gasteiger partial charge is 0.369 e. The van der Waals surface area contributed by atoms with Crippen LogP contribution in [0.3, 0.4) is 0 Å². The predicted molar refractivity (Wildman–Crippen MR) is 68.7 cm³/mol. The molecule has 1 amide bonds. The van der Waals surface area contributed by atoms with E-state index in [1.54, 1.807) is 11.8 Å². The van der Waals surface area contributed by atoms with E-state index < -0.39 is 16.1 Å². The molecule has 0 radical (unpaired) electrons. The number of hydrogen-bond acceptors (Lipinski definition) is 4. The van der Waals surface area contributed by atoms with Crippen molar-refractivity contribution in [3.8, 4) is 0 Å². The molecule has 0 bridgehead atoms. The molecule has 0 aromatic rings. The third-order valence-corrected chi connectivity index (χ3v) is 3.71. The van der Waals surface area contributed by atoms with Gasteiger partial charge in [-0.3, -0.25) is 4.79 Å². The van der Waals surface area contributed by atoms with Crippen LogP contribution in [0.5, 0.6) is 0 Å². The quantitative estimate of drug-likeness (QED) is 0.765. The Kier molecular flexibility index (Phi) is 5.55. The Labute approximate surface area is 109 Å². The van der Waals surface area contributed by atoms with Crippen molar-refractivity contribution in [3.63, 3.8) is 0 Å². The molecule has 0 aliphatic carbocycles. The van der Waals surface area contributed by atoms with Gasteiger partial charge in [-0.05, 0) is 26.7 Å². The van der Waals surface area contributed by atoms with Crippen LogP contribution in [0.2, 0.25) is 0 Å². The fraction of sp³-hybridized carbons (Fsp3) is 0.909. The molecule has 1 rings (SSSR count). The minimum Gasteiger partial charge on any atom is -0.369 e. The number of nitrogens with one attached hydrogen (secondary N) is 1. The molecule has 0 saturated carbocycles. The van der Waals surface area contributed by atoms with Crippen LogP contribution in [0.4, 0.5) is 0 Å². The molecule has 1 aliphatic heterocycles. The standard InChI is InChI=1S/C11H22N2O4S/c1-4-17-9(2)11(14)13-7-5-10(6-8-13)12-18(3,15)16/h9-10,12H,4-8H2,1-3H3. The Morgan fingerprint density at radius 2 is 2.00 bits per heavy atom. The number of carbonyl (C=O) groups excluding carboxylic acids is 1. The monoisotopic (exact) mass is 278 g/mol. The van der Waals surface area contributed by atoms with E-state index in [2.05, 4.69) is 4.72 Å². The van der Waals surface area contributed by atoms with E-state index in [4.69, 9.17) is 4.74 Å². The summed E-state index contributed by atoms with van der Waals surface area (Å²) < 4.78 is 30.0. The molecule has 18 heavy (non-hydrogen) atoms. The van der Waals surface area contributed by atoms with Crippen molar-refractivity contribution in [3.05, 3.63) is 0 Å². The van der Waals surface area contributed by atoms with E-state index in [9.17, 15) is 13.2 Å². The van der Waals surface area contributed by atoms with E-state index in [1.165, 1.54) is 0 Å². The van der Waals surface area contributed by atoms with Crippen LogP contribution in [0.15, 0.2) is 0 Å². The molecule has 1 atom stereocenters. The number of sulfonamides is 1. The van der Waals surface area contributed by atoms with Gasteiger partial charge in [0.2, 0.25) is 10.0 Å². The Bertz CT molecular complexity index is 375. The van der Waals surface area contributed by atoms with Crippen molar-refractivity contribution >= 4 is 15.9 Å². The maximum absolute atomic E-state index is 11.9. The topological polar surface area (TPSA) is 75.7 Å². The van der Waals surface area contributed by atoms with Gasteiger partial charge in [-0.2, -0.15) is 0 Å². The summed E-state index contributed by atoms with van der Waals surface area (Å²) in [5, 5.41) is 0. The molecule has 1 heterocycles. The molecular formula is C11H22N2O4S. The van der Waals surface area contributed by atoms with Crippen LogP contribution in [0.25, 0.3) is 0 Å². The van der Waals surface area contributed by atoms with Gasteiger partial charge in [0.15, 0.2) is 0 Å². The molecule has 1 saturated heterocycles. The van der Waals surface area contributed by atoms with Gasteiger partial charge in [0.1, 0.15) is 6.10 Å². The first kappa shape index (κ1) is 15.4. The number of nitrogens with zero attached hydrogens (tertiary/aromatic N) is 1. The SMILES string of the molecule is CCOC(C)C(=O)N1CCC(NS(C)(=O)=O)CC1. The van der Waals surface area contributed by atoms with Crippen LogP contribution in [-0.4, -0.2) is 57.3 Å². The molecule has 1 unspecified atom stereocenters. The minimum atomic E-state index is -3.16. The first-order valence-electron chi connectivity index (χ1n) is 6.21. The van der Waals surface area contributed by atoms with Crippen LogP contribution in [-0.2, 0) is 19.6 Å². The zero-order chi connectivity index (χ0) is 13.8. The molecule has 1 fully saturated rings. The number of carbonyl (C=O) groups is 1. The van der Waals surface area contributed by atoms with E-state index in [0.29, 0.717) is 32.5 Å². The number of rotatable bonds is 5. The summed E-state index contributed by atoms with van der Waals surface area (Å²) in [7, 11) is -3.16. The molecule has 0 aromatic carbocycles. The second-order valence-electron chi connectivity index (χ2n) is 4.59. The lowest BCUT2D eigenvalue weighted by Crippen LogP contribution is -2.48. The zero-order valence-electron chi connectivity index (χ0n) is 11.2. The van der Waals surface area contributed by atoms with Crippen LogP contribution in [0, 0.1) is 0 Å². The second kappa shape index (κ2) is 6.49. The summed E-state index contributed by atoms with van der Waals surface area (Å²) in [5.41, 5.74) is 0. The van der Waals surface area contributed by atoms with Crippen molar-refractivity contribution < 1.29 is 17.9 Å². The van der Waals surface area contributed by atoms with E-state index in [-0.39, 0.29) is 11.9 Å². The maximum atomic E-state index is 11.9. The van der Waals surface area contributed by atoms with Gasteiger partial charge in [-0.15, -0.1) is 0 Å². The van der Waals surface area contributed by atoms with Gasteiger partial charge in [0.25, 0.3) is 5.91 Å². The highest BCUT2D eigenvalue weighted by atomic mass is 32.2. The Morgan fingerprint density at radius 1 is 1.44 bits per heavy atom. The van der Waals surface area contributed by atoms with E-state index in [0.717, 1.165) is 6.26 Å². The molecule has 1 N–H and O–H groups in total. The number of likely N-dealkylation sites (tertiary alicyclic amines) is 1. The lowest BCUT2D eigenvalue weighted by Gasteiger charge is -2.33. The first-order valence-corrected chi connectivity index (χ1v) is 8.10. The van der Waals surface area contributed by atoms with Crippen LogP contribution < -0.4 is 4.72 Å². The smallest absolute Gasteiger partial charge is 0.251 e. The third-order valence-electron chi connectivity index (χ3n) is 2.95. The van der Waals surface area contributed by atoms with Crippen molar-refractivity contribution in [2.45, 2.75) is 38.8 Å². The van der Waals surface area contributed by atoms with Gasteiger partial charge >= 0.3 is 0 Å². The summed E-state index contributed by atoms with van der Waals surface area (Å²) in [6, 6.07) is -0.0635. The lowest BCUT2D eigenvalue weighted by atomic mass is 10.1. The van der Waals surface area contributed by atoms with Crippen LogP contribution in [0.1, 0.15) is 26.7 Å². The molecule has 7 heteroatoms. The van der Waals surface area contributed by atoms with Gasteiger partial charge in [-0.1, -0.05) is 0 Å². The maximum Gasteiger partial charge on any atom is 0.251 e. The number of hydrogen-bond donors (Lipinski definition) is 1. The molecule has 0 spiro atoms. The zero-order valence-corrected chi connectivity index (χ0v) is 12.0. The molecule has 0 aromatic heterocycles. The highest BCUT2D eigenvalue weighted by Gasteiger charge is 2.27. The highest BCUT2D eigenvalue weighted by Crippen LogP contribution is 2.13. The highest BCUT2D eigenvalue weighted by molar-refractivity contribution is 7.88. The summed E-state index contributed by atoms with van der Waals surface area (Å²) in [4.78, 5) is 13.7. The lowest BCUT2D eigenvalue weighted by molar-refractivity contribution is -0.143. The van der Waals surface area contributed by atoms with E-state index >= 15 is 0 Å². The Balaban J connectivity index is 2.42. The molecular weight excluding hydrogens is 256 g/mol. The van der Waals surface area contributed by atoms with Gasteiger partial charge < -0.3 is 9.64 Å². The number of piperidine rings is 1. The summed E-state index contributed by atoms with van der Waals surface area (Å²) >= 11 is 0.